The molecule has 7 nitrogen and oxygen atoms in total. The van der Waals surface area contributed by atoms with Gasteiger partial charge in [0.15, 0.2) is 0 Å². The molecule has 1 fully saturated rings. The minimum atomic E-state index is -4.57. The number of nitrogens with zero attached hydrogens (tertiary/aromatic N) is 6. The molecule has 0 atom stereocenters. The summed E-state index contributed by atoms with van der Waals surface area (Å²) in [6.45, 7) is 1.67. The number of carbonyl (C=O) groups excluding carboxylic acids is 1. The highest BCUT2D eigenvalue weighted by molar-refractivity contribution is 5.96. The number of carbonyl (C=O) groups is 1. The number of aromatic nitrogens is 4. The topological polar surface area (TPSA) is 66.6 Å². The van der Waals surface area contributed by atoms with Gasteiger partial charge >= 0.3 is 6.18 Å². The van der Waals surface area contributed by atoms with Gasteiger partial charge in [0.2, 0.25) is 0 Å². The molecule has 0 saturated carbocycles. The molecule has 5 rings (SSSR count). The standard InChI is InChI=1S/C21H21F3N6O/c22-21(23,24)16-7-3-1-5-14(16)19(31)29-11-9-28(10-12-29)18-15-6-2-4-8-17(15)27-20-25-13-26-30(18)20/h1,3,5,7,13H,2,4,6,8-12H2. The maximum Gasteiger partial charge on any atom is 0.417 e. The van der Waals surface area contributed by atoms with Crippen LogP contribution in [0.25, 0.3) is 5.78 Å². The minimum absolute atomic E-state index is 0.302. The van der Waals surface area contributed by atoms with Crippen molar-refractivity contribution in [2.75, 3.05) is 31.1 Å². The van der Waals surface area contributed by atoms with Crippen LogP contribution in [0.3, 0.4) is 0 Å². The van der Waals surface area contributed by atoms with Crippen LogP contribution in [-0.2, 0) is 19.0 Å². The SMILES string of the molecule is O=C(c1ccccc1C(F)(F)F)N1CCN(c2c3c(nc4ncnn24)CCCC3)CC1. The second kappa shape index (κ2) is 7.51. The fourth-order valence-corrected chi connectivity index (χ4v) is 4.50. The summed E-state index contributed by atoms with van der Waals surface area (Å²) < 4.78 is 41.7. The lowest BCUT2D eigenvalue weighted by atomic mass is 9.96. The summed E-state index contributed by atoms with van der Waals surface area (Å²) in [5.74, 6) is 0.906. The lowest BCUT2D eigenvalue weighted by Crippen LogP contribution is -2.50. The van der Waals surface area contributed by atoms with E-state index < -0.39 is 17.6 Å². The highest BCUT2D eigenvalue weighted by Crippen LogP contribution is 2.33. The Morgan fingerprint density at radius 1 is 1.00 bits per heavy atom. The van der Waals surface area contributed by atoms with Crippen molar-refractivity contribution in [2.45, 2.75) is 31.9 Å². The van der Waals surface area contributed by atoms with Crippen molar-refractivity contribution in [2.24, 2.45) is 0 Å². The van der Waals surface area contributed by atoms with Gasteiger partial charge in [-0.05, 0) is 37.8 Å². The lowest BCUT2D eigenvalue weighted by molar-refractivity contribution is -0.138. The molecule has 1 amide bonds. The van der Waals surface area contributed by atoms with Gasteiger partial charge in [-0.15, -0.1) is 0 Å². The normalized spacial score (nSPS) is 17.1. The van der Waals surface area contributed by atoms with E-state index in [0.29, 0.717) is 32.0 Å². The van der Waals surface area contributed by atoms with Crippen LogP contribution in [0.1, 0.15) is 40.0 Å². The van der Waals surface area contributed by atoms with E-state index in [4.69, 9.17) is 0 Å². The Morgan fingerprint density at radius 2 is 1.74 bits per heavy atom. The Hall–Kier alpha value is -3.17. The number of benzene rings is 1. The molecule has 0 N–H and O–H groups in total. The van der Waals surface area contributed by atoms with Crippen molar-refractivity contribution in [3.63, 3.8) is 0 Å². The number of amides is 1. The number of aryl methyl sites for hydroxylation is 1. The number of fused-ring (bicyclic) bond motifs is 2. The van der Waals surface area contributed by atoms with Crippen molar-refractivity contribution in [3.05, 3.63) is 53.0 Å². The maximum absolute atomic E-state index is 13.3. The van der Waals surface area contributed by atoms with Crippen LogP contribution in [0.15, 0.2) is 30.6 Å². The first-order valence-corrected chi connectivity index (χ1v) is 10.4. The molecule has 0 unspecified atom stereocenters. The number of alkyl halides is 3. The van der Waals surface area contributed by atoms with E-state index in [9.17, 15) is 18.0 Å². The number of rotatable bonds is 2. The van der Waals surface area contributed by atoms with E-state index in [0.717, 1.165) is 48.8 Å². The lowest BCUT2D eigenvalue weighted by Gasteiger charge is -2.37. The Kier molecular flexibility index (Phi) is 4.79. The first-order valence-electron chi connectivity index (χ1n) is 10.4. The fourth-order valence-electron chi connectivity index (χ4n) is 4.50. The number of halogens is 3. The van der Waals surface area contributed by atoms with E-state index in [1.54, 1.807) is 4.52 Å². The molecule has 162 valence electrons. The van der Waals surface area contributed by atoms with Gasteiger partial charge < -0.3 is 9.80 Å². The number of hydrogen-bond acceptors (Lipinski definition) is 5. The first-order chi connectivity index (χ1) is 14.9. The second-order valence-corrected chi connectivity index (χ2v) is 7.86. The van der Waals surface area contributed by atoms with Crippen molar-refractivity contribution in [3.8, 4) is 0 Å². The molecule has 2 aliphatic rings. The zero-order valence-corrected chi connectivity index (χ0v) is 16.8. The number of piperazine rings is 1. The third-order valence-corrected chi connectivity index (χ3v) is 6.00. The van der Waals surface area contributed by atoms with Crippen LogP contribution in [0.5, 0.6) is 0 Å². The van der Waals surface area contributed by atoms with E-state index in [1.165, 1.54) is 29.4 Å². The molecule has 1 aliphatic carbocycles. The molecule has 1 aromatic carbocycles. The third-order valence-electron chi connectivity index (χ3n) is 6.00. The van der Waals surface area contributed by atoms with Crippen LogP contribution in [-0.4, -0.2) is 56.6 Å². The summed E-state index contributed by atoms with van der Waals surface area (Å²) in [5, 5.41) is 4.34. The highest BCUT2D eigenvalue weighted by atomic mass is 19.4. The molecule has 2 aromatic heterocycles. The molecule has 1 saturated heterocycles. The first kappa shape index (κ1) is 19.8. The zero-order chi connectivity index (χ0) is 21.6. The molecule has 0 spiro atoms. The Morgan fingerprint density at radius 3 is 2.52 bits per heavy atom. The summed E-state index contributed by atoms with van der Waals surface area (Å²) in [7, 11) is 0. The van der Waals surface area contributed by atoms with Gasteiger partial charge in [-0.1, -0.05) is 12.1 Å². The van der Waals surface area contributed by atoms with Gasteiger partial charge in [0.1, 0.15) is 12.1 Å². The summed E-state index contributed by atoms with van der Waals surface area (Å²) in [5.41, 5.74) is 1.00. The zero-order valence-electron chi connectivity index (χ0n) is 16.8. The maximum atomic E-state index is 13.3. The van der Waals surface area contributed by atoms with E-state index >= 15 is 0 Å². The number of anilines is 1. The van der Waals surface area contributed by atoms with E-state index in [2.05, 4.69) is 20.0 Å². The van der Waals surface area contributed by atoms with Gasteiger partial charge in [-0.3, -0.25) is 4.79 Å². The summed E-state index contributed by atoms with van der Waals surface area (Å²) >= 11 is 0. The molecule has 0 radical (unpaired) electrons. The summed E-state index contributed by atoms with van der Waals surface area (Å²) in [6, 6.07) is 4.96. The van der Waals surface area contributed by atoms with Crippen molar-refractivity contribution in [1.82, 2.24) is 24.5 Å². The molecule has 3 heterocycles. The van der Waals surface area contributed by atoms with Crippen molar-refractivity contribution < 1.29 is 18.0 Å². The van der Waals surface area contributed by atoms with Crippen molar-refractivity contribution in [1.29, 1.82) is 0 Å². The minimum Gasteiger partial charge on any atom is -0.353 e. The van der Waals surface area contributed by atoms with Gasteiger partial charge in [0.25, 0.3) is 11.7 Å². The van der Waals surface area contributed by atoms with Crippen LogP contribution in [0.4, 0.5) is 19.0 Å². The van der Waals surface area contributed by atoms with Gasteiger partial charge in [0.05, 0.1) is 16.8 Å². The molecule has 3 aromatic rings. The Bertz CT molecular complexity index is 1130. The predicted octanol–water partition coefficient (Wildman–Crippen LogP) is 2.98. The molecule has 1 aliphatic heterocycles. The van der Waals surface area contributed by atoms with Gasteiger partial charge in [0, 0.05) is 31.7 Å². The average molecular weight is 430 g/mol. The van der Waals surface area contributed by atoms with E-state index in [-0.39, 0.29) is 5.56 Å². The average Bonchev–Trinajstić information content (AvgIpc) is 3.24. The quantitative estimate of drug-likeness (QED) is 0.626. The third kappa shape index (κ3) is 3.49. The molecule has 0 bridgehead atoms. The van der Waals surface area contributed by atoms with Crippen LogP contribution in [0.2, 0.25) is 0 Å². The van der Waals surface area contributed by atoms with Crippen LogP contribution < -0.4 is 4.90 Å². The molecular weight excluding hydrogens is 409 g/mol. The monoisotopic (exact) mass is 430 g/mol. The van der Waals surface area contributed by atoms with Crippen LogP contribution in [0, 0.1) is 0 Å². The Labute approximate surface area is 176 Å². The predicted molar refractivity (Wildman–Crippen MR) is 107 cm³/mol. The number of hydrogen-bond donors (Lipinski definition) is 0. The summed E-state index contributed by atoms with van der Waals surface area (Å²) in [4.78, 5) is 25.4. The molecule has 31 heavy (non-hydrogen) atoms. The van der Waals surface area contributed by atoms with Crippen LogP contribution >= 0.6 is 0 Å². The molecular formula is C21H21F3N6O. The largest absolute Gasteiger partial charge is 0.417 e. The van der Waals surface area contributed by atoms with Gasteiger partial charge in [-0.25, -0.2) is 4.98 Å². The summed E-state index contributed by atoms with van der Waals surface area (Å²) in [6.07, 6.45) is 0.886. The van der Waals surface area contributed by atoms with Gasteiger partial charge in [-0.2, -0.15) is 27.8 Å². The van der Waals surface area contributed by atoms with E-state index in [1.807, 2.05) is 0 Å². The van der Waals surface area contributed by atoms with Crippen molar-refractivity contribution >= 4 is 17.5 Å². The fraction of sp³-hybridized carbons (Fsp3) is 0.429. The Balaban J connectivity index is 1.40. The molecule has 10 heteroatoms. The smallest absolute Gasteiger partial charge is 0.353 e. The second-order valence-electron chi connectivity index (χ2n) is 7.86. The highest BCUT2D eigenvalue weighted by Gasteiger charge is 2.36.